The Labute approximate surface area is 175 Å². The third-order valence-electron chi connectivity index (χ3n) is 6.12. The molecule has 2 atom stereocenters. The number of aromatic nitrogens is 2. The summed E-state index contributed by atoms with van der Waals surface area (Å²) in [5, 5.41) is 0. The van der Waals surface area contributed by atoms with E-state index in [2.05, 4.69) is 9.88 Å². The number of halogens is 4. The van der Waals surface area contributed by atoms with Crippen molar-refractivity contribution in [2.45, 2.75) is 63.3 Å². The van der Waals surface area contributed by atoms with Gasteiger partial charge in [0.1, 0.15) is 18.5 Å². The molecule has 1 unspecified atom stereocenters. The Kier molecular flexibility index (Phi) is 4.82. The number of benzene rings is 1. The molecule has 2 aliphatic heterocycles. The van der Waals surface area contributed by atoms with Crippen LogP contribution in [0.3, 0.4) is 0 Å². The van der Waals surface area contributed by atoms with Crippen LogP contribution in [0.15, 0.2) is 23.0 Å². The first-order chi connectivity index (χ1) is 14.8. The molecular formula is C21H21F4N3O3. The molecule has 31 heavy (non-hydrogen) atoms. The average molecular weight is 439 g/mol. The zero-order valence-electron chi connectivity index (χ0n) is 16.6. The Morgan fingerprint density at radius 2 is 1.94 bits per heavy atom. The van der Waals surface area contributed by atoms with Crippen molar-refractivity contribution in [2.24, 2.45) is 0 Å². The summed E-state index contributed by atoms with van der Waals surface area (Å²) >= 11 is 0. The third-order valence-corrected chi connectivity index (χ3v) is 6.12. The van der Waals surface area contributed by atoms with E-state index in [9.17, 15) is 22.4 Å². The van der Waals surface area contributed by atoms with E-state index in [1.54, 1.807) is 10.6 Å². The van der Waals surface area contributed by atoms with Crippen molar-refractivity contribution in [3.8, 4) is 11.6 Å². The predicted octanol–water partition coefficient (Wildman–Crippen LogP) is 3.65. The smallest absolute Gasteiger partial charge is 0.352 e. The zero-order chi connectivity index (χ0) is 21.8. The topological polar surface area (TPSA) is 56.6 Å². The first-order valence-electron chi connectivity index (χ1n) is 10.3. The zero-order valence-corrected chi connectivity index (χ0v) is 16.6. The molecule has 3 heterocycles. The van der Waals surface area contributed by atoms with E-state index in [1.807, 2.05) is 0 Å². The summed E-state index contributed by atoms with van der Waals surface area (Å²) in [6.45, 7) is 1.25. The van der Waals surface area contributed by atoms with Crippen LogP contribution in [-0.2, 0) is 13.2 Å². The molecule has 1 aromatic carbocycles. The Hall–Kier alpha value is -2.78. The molecule has 0 amide bonds. The highest BCUT2D eigenvalue weighted by atomic mass is 19.3. The van der Waals surface area contributed by atoms with Crippen molar-refractivity contribution >= 4 is 5.82 Å². The van der Waals surface area contributed by atoms with Gasteiger partial charge in [0.15, 0.2) is 17.4 Å². The number of hydrogen-bond donors (Lipinski definition) is 0. The molecule has 0 N–H and O–H groups in total. The Bertz CT molecular complexity index is 1050. The van der Waals surface area contributed by atoms with Gasteiger partial charge in [0.05, 0.1) is 0 Å². The lowest BCUT2D eigenvalue weighted by molar-refractivity contribution is -0.00168. The fourth-order valence-corrected chi connectivity index (χ4v) is 4.64. The second kappa shape index (κ2) is 7.42. The predicted molar refractivity (Wildman–Crippen MR) is 103 cm³/mol. The van der Waals surface area contributed by atoms with Gasteiger partial charge in [-0.05, 0) is 37.0 Å². The SMILES string of the molecule is O=c1nc(OCc2cc(F)c(OC3CCC(F)(F)C3)c(F)c2)cc2n1C[C@@H]1CCCN21. The molecule has 3 aliphatic rings. The second-order valence-corrected chi connectivity index (χ2v) is 8.35. The maximum Gasteiger partial charge on any atom is 0.352 e. The molecule has 0 radical (unpaired) electrons. The molecule has 0 bridgehead atoms. The van der Waals surface area contributed by atoms with Crippen LogP contribution < -0.4 is 20.1 Å². The number of fused-ring (bicyclic) bond motifs is 3. The molecule has 0 spiro atoms. The van der Waals surface area contributed by atoms with Crippen LogP contribution in [-0.4, -0.2) is 34.2 Å². The first-order valence-corrected chi connectivity index (χ1v) is 10.3. The van der Waals surface area contributed by atoms with Crippen molar-refractivity contribution in [1.82, 2.24) is 9.55 Å². The highest BCUT2D eigenvalue weighted by molar-refractivity contribution is 5.48. The molecule has 1 saturated carbocycles. The molecule has 6 nitrogen and oxygen atoms in total. The lowest BCUT2D eigenvalue weighted by atomic mass is 10.2. The van der Waals surface area contributed by atoms with Crippen LogP contribution in [0.1, 0.15) is 37.7 Å². The van der Waals surface area contributed by atoms with Gasteiger partial charge in [0.2, 0.25) is 5.88 Å². The van der Waals surface area contributed by atoms with Crippen molar-refractivity contribution in [2.75, 3.05) is 11.4 Å². The standard InChI is InChI=1S/C21H21F4N3O3/c22-15-6-12(7-16(23)19(15)31-14-3-4-21(24,25)9-14)11-30-17-8-18-27-5-1-2-13(27)10-28(18)20(29)26-17/h6-8,13-14H,1-5,9-11H2/t13-,14?/m0/s1. The monoisotopic (exact) mass is 439 g/mol. The molecular weight excluding hydrogens is 418 g/mol. The lowest BCUT2D eigenvalue weighted by Gasteiger charge is -2.17. The van der Waals surface area contributed by atoms with Gasteiger partial charge in [-0.2, -0.15) is 4.98 Å². The Balaban J connectivity index is 1.29. The van der Waals surface area contributed by atoms with Gasteiger partial charge in [0.25, 0.3) is 5.92 Å². The minimum absolute atomic E-state index is 0.0359. The number of rotatable bonds is 5. The van der Waals surface area contributed by atoms with Crippen molar-refractivity contribution in [1.29, 1.82) is 0 Å². The molecule has 1 aromatic heterocycles. The van der Waals surface area contributed by atoms with Gasteiger partial charge < -0.3 is 14.4 Å². The van der Waals surface area contributed by atoms with Crippen LogP contribution in [0.25, 0.3) is 0 Å². The number of nitrogens with zero attached hydrogens (tertiary/aromatic N) is 3. The molecule has 10 heteroatoms. The van der Waals surface area contributed by atoms with Gasteiger partial charge in [-0.1, -0.05) is 0 Å². The number of hydrogen-bond acceptors (Lipinski definition) is 5. The van der Waals surface area contributed by atoms with Crippen LogP contribution >= 0.6 is 0 Å². The summed E-state index contributed by atoms with van der Waals surface area (Å²) in [5.74, 6) is -4.70. The molecule has 1 aliphatic carbocycles. The van der Waals surface area contributed by atoms with Gasteiger partial charge in [-0.3, -0.25) is 4.57 Å². The maximum atomic E-state index is 14.4. The fraction of sp³-hybridized carbons (Fsp3) is 0.524. The van der Waals surface area contributed by atoms with Crippen LogP contribution in [0.2, 0.25) is 0 Å². The van der Waals surface area contributed by atoms with E-state index >= 15 is 0 Å². The molecule has 1 saturated heterocycles. The summed E-state index contributed by atoms with van der Waals surface area (Å²) in [7, 11) is 0. The van der Waals surface area contributed by atoms with Crippen LogP contribution in [0.5, 0.6) is 11.6 Å². The third kappa shape index (κ3) is 3.83. The first kappa shape index (κ1) is 20.1. The summed E-state index contributed by atoms with van der Waals surface area (Å²) in [6.07, 6.45) is 0.256. The van der Waals surface area contributed by atoms with Gasteiger partial charge in [-0.25, -0.2) is 22.4 Å². The second-order valence-electron chi connectivity index (χ2n) is 8.35. The van der Waals surface area contributed by atoms with E-state index in [0.29, 0.717) is 12.6 Å². The van der Waals surface area contributed by atoms with Crippen molar-refractivity contribution in [3.63, 3.8) is 0 Å². The Morgan fingerprint density at radius 3 is 2.65 bits per heavy atom. The van der Waals surface area contributed by atoms with Gasteiger partial charge in [0, 0.05) is 38.0 Å². The minimum atomic E-state index is -2.87. The molecule has 5 rings (SSSR count). The maximum absolute atomic E-state index is 14.4. The van der Waals surface area contributed by atoms with Crippen LogP contribution in [0.4, 0.5) is 23.4 Å². The highest BCUT2D eigenvalue weighted by Gasteiger charge is 2.41. The fourth-order valence-electron chi connectivity index (χ4n) is 4.64. The largest absolute Gasteiger partial charge is 0.484 e. The van der Waals surface area contributed by atoms with E-state index < -0.39 is 41.5 Å². The summed E-state index contributed by atoms with van der Waals surface area (Å²) in [4.78, 5) is 18.3. The minimum Gasteiger partial charge on any atom is -0.484 e. The quantitative estimate of drug-likeness (QED) is 0.666. The van der Waals surface area contributed by atoms with Crippen molar-refractivity contribution < 1.29 is 27.0 Å². The molecule has 166 valence electrons. The molecule has 2 fully saturated rings. The van der Waals surface area contributed by atoms with Crippen LogP contribution in [0, 0.1) is 11.6 Å². The Morgan fingerprint density at radius 1 is 1.16 bits per heavy atom. The van der Waals surface area contributed by atoms with Gasteiger partial charge in [-0.15, -0.1) is 0 Å². The van der Waals surface area contributed by atoms with E-state index in [-0.39, 0.29) is 30.9 Å². The number of ether oxygens (including phenoxy) is 2. The highest BCUT2D eigenvalue weighted by Crippen LogP contribution is 2.38. The van der Waals surface area contributed by atoms with E-state index in [0.717, 1.165) is 37.3 Å². The lowest BCUT2D eigenvalue weighted by Crippen LogP contribution is -2.24. The van der Waals surface area contributed by atoms with E-state index in [4.69, 9.17) is 9.47 Å². The van der Waals surface area contributed by atoms with E-state index in [1.165, 1.54) is 0 Å². The number of anilines is 1. The number of alkyl halides is 2. The molecule has 2 aromatic rings. The average Bonchev–Trinajstić information content (AvgIpc) is 3.38. The summed E-state index contributed by atoms with van der Waals surface area (Å²) < 4.78 is 67.7. The summed E-state index contributed by atoms with van der Waals surface area (Å²) in [6, 6.07) is 4.02. The normalized spacial score (nSPS) is 23.7. The van der Waals surface area contributed by atoms with Crippen molar-refractivity contribution in [3.05, 3.63) is 45.9 Å². The summed E-state index contributed by atoms with van der Waals surface area (Å²) in [5.41, 5.74) is -0.253. The van der Waals surface area contributed by atoms with Gasteiger partial charge >= 0.3 is 5.69 Å².